The minimum absolute atomic E-state index is 0.424. The van der Waals surface area contributed by atoms with Gasteiger partial charge in [0.25, 0.3) is 0 Å². The van der Waals surface area contributed by atoms with Crippen LogP contribution in [0.2, 0.25) is 5.15 Å². The van der Waals surface area contributed by atoms with E-state index in [4.69, 9.17) is 17.3 Å². The summed E-state index contributed by atoms with van der Waals surface area (Å²) in [6.45, 7) is 8.36. The second-order valence-corrected chi connectivity index (χ2v) is 4.46. The first-order chi connectivity index (χ1) is 6.43. The maximum absolute atomic E-state index is 5.89. The van der Waals surface area contributed by atoms with Crippen molar-refractivity contribution in [2.45, 2.75) is 34.1 Å². The Morgan fingerprint density at radius 2 is 1.93 bits per heavy atom. The molecule has 1 aromatic rings. The Hall–Kier alpha value is -0.760. The summed E-state index contributed by atoms with van der Waals surface area (Å²) >= 11 is 5.89. The van der Waals surface area contributed by atoms with E-state index < -0.39 is 0 Å². The molecule has 1 heterocycles. The number of rotatable bonds is 2. The fourth-order valence-electron chi connectivity index (χ4n) is 1.57. The molecule has 0 radical (unpaired) electrons. The number of halogens is 1. The molecule has 0 fully saturated rings. The van der Waals surface area contributed by atoms with Gasteiger partial charge in [-0.2, -0.15) is 0 Å². The van der Waals surface area contributed by atoms with Crippen LogP contribution in [0.15, 0.2) is 0 Å². The Morgan fingerprint density at radius 3 is 2.43 bits per heavy atom. The van der Waals surface area contributed by atoms with Crippen molar-refractivity contribution in [1.82, 2.24) is 4.98 Å². The van der Waals surface area contributed by atoms with Gasteiger partial charge in [-0.1, -0.05) is 25.4 Å². The first kappa shape index (κ1) is 11.3. The lowest BCUT2D eigenvalue weighted by molar-refractivity contribution is 0.640. The number of nitrogens with zero attached hydrogens (tertiary/aromatic N) is 1. The average molecular weight is 213 g/mol. The van der Waals surface area contributed by atoms with Crippen molar-refractivity contribution in [3.05, 3.63) is 22.0 Å². The van der Waals surface area contributed by atoms with E-state index in [1.165, 1.54) is 5.56 Å². The van der Waals surface area contributed by atoms with Crippen LogP contribution in [0.4, 0.5) is 5.69 Å². The summed E-state index contributed by atoms with van der Waals surface area (Å²) in [7, 11) is 0. The molecule has 14 heavy (non-hydrogen) atoms. The first-order valence-electron chi connectivity index (χ1n) is 4.84. The van der Waals surface area contributed by atoms with Crippen LogP contribution in [0.1, 0.15) is 30.7 Å². The van der Waals surface area contributed by atoms with Gasteiger partial charge in [0.2, 0.25) is 0 Å². The van der Waals surface area contributed by atoms with E-state index in [1.54, 1.807) is 0 Å². The van der Waals surface area contributed by atoms with Gasteiger partial charge in [0.1, 0.15) is 0 Å². The van der Waals surface area contributed by atoms with Gasteiger partial charge >= 0.3 is 0 Å². The minimum atomic E-state index is 0.424. The molecular weight excluding hydrogens is 196 g/mol. The first-order valence-corrected chi connectivity index (χ1v) is 5.22. The Balaban J connectivity index is 3.22. The molecule has 0 aromatic carbocycles. The monoisotopic (exact) mass is 212 g/mol. The van der Waals surface area contributed by atoms with Crippen molar-refractivity contribution in [2.75, 3.05) is 5.73 Å². The predicted molar refractivity (Wildman–Crippen MR) is 61.7 cm³/mol. The van der Waals surface area contributed by atoms with Crippen molar-refractivity contribution in [1.29, 1.82) is 0 Å². The van der Waals surface area contributed by atoms with Gasteiger partial charge in [0.05, 0.1) is 5.69 Å². The Morgan fingerprint density at radius 1 is 1.36 bits per heavy atom. The summed E-state index contributed by atoms with van der Waals surface area (Å²) in [5, 5.41) is 0.424. The van der Waals surface area contributed by atoms with E-state index in [-0.39, 0.29) is 0 Å². The average Bonchev–Trinajstić information content (AvgIpc) is 2.09. The molecule has 0 aliphatic carbocycles. The highest BCUT2D eigenvalue weighted by Crippen LogP contribution is 2.26. The lowest BCUT2D eigenvalue weighted by Gasteiger charge is -2.14. The maximum atomic E-state index is 5.89. The predicted octanol–water partition coefficient (Wildman–Crippen LogP) is 3.13. The minimum Gasteiger partial charge on any atom is -0.396 e. The summed E-state index contributed by atoms with van der Waals surface area (Å²) in [5.41, 5.74) is 9.76. The highest BCUT2D eigenvalue weighted by atomic mass is 35.5. The SMILES string of the molecule is Cc1nc(Cl)c(N)c(C)c1CC(C)C. The largest absolute Gasteiger partial charge is 0.396 e. The quantitative estimate of drug-likeness (QED) is 0.766. The molecule has 1 aromatic heterocycles. The molecule has 0 aliphatic heterocycles. The molecule has 0 spiro atoms. The normalized spacial score (nSPS) is 11.0. The van der Waals surface area contributed by atoms with E-state index in [2.05, 4.69) is 18.8 Å². The molecule has 2 nitrogen and oxygen atoms in total. The Kier molecular flexibility index (Phi) is 3.38. The zero-order valence-electron chi connectivity index (χ0n) is 9.19. The molecule has 78 valence electrons. The molecule has 0 saturated heterocycles. The highest BCUT2D eigenvalue weighted by molar-refractivity contribution is 6.32. The number of hydrogen-bond acceptors (Lipinski definition) is 2. The van der Waals surface area contributed by atoms with E-state index >= 15 is 0 Å². The van der Waals surface area contributed by atoms with Crippen LogP contribution in [-0.4, -0.2) is 4.98 Å². The lowest BCUT2D eigenvalue weighted by Crippen LogP contribution is -2.05. The molecular formula is C11H17ClN2. The summed E-state index contributed by atoms with van der Waals surface area (Å²) in [6.07, 6.45) is 1.01. The van der Waals surface area contributed by atoms with Crippen molar-refractivity contribution >= 4 is 17.3 Å². The summed E-state index contributed by atoms with van der Waals surface area (Å²) in [5.74, 6) is 0.606. The van der Waals surface area contributed by atoms with Gasteiger partial charge in [0.15, 0.2) is 5.15 Å². The fraction of sp³-hybridized carbons (Fsp3) is 0.545. The number of pyridine rings is 1. The van der Waals surface area contributed by atoms with Gasteiger partial charge in [-0.15, -0.1) is 0 Å². The van der Waals surface area contributed by atoms with E-state index in [9.17, 15) is 0 Å². The smallest absolute Gasteiger partial charge is 0.152 e. The van der Waals surface area contributed by atoms with Crippen LogP contribution in [0, 0.1) is 19.8 Å². The number of nitrogens with two attached hydrogens (primary N) is 1. The second kappa shape index (κ2) is 4.18. The fourth-order valence-corrected chi connectivity index (χ4v) is 1.84. The van der Waals surface area contributed by atoms with Gasteiger partial charge in [-0.3, -0.25) is 0 Å². The van der Waals surface area contributed by atoms with Crippen LogP contribution < -0.4 is 5.73 Å². The third-order valence-corrected chi connectivity index (χ3v) is 2.68. The molecule has 1 rings (SSSR count). The third kappa shape index (κ3) is 2.18. The Bertz CT molecular complexity index is 346. The number of aromatic nitrogens is 1. The number of anilines is 1. The summed E-state index contributed by atoms with van der Waals surface area (Å²) in [6, 6.07) is 0. The van der Waals surface area contributed by atoms with Crippen molar-refractivity contribution in [3.8, 4) is 0 Å². The van der Waals surface area contributed by atoms with Crippen LogP contribution in [0.3, 0.4) is 0 Å². The van der Waals surface area contributed by atoms with E-state index in [1.807, 2.05) is 13.8 Å². The molecule has 0 amide bonds. The summed E-state index contributed by atoms with van der Waals surface area (Å²) < 4.78 is 0. The number of hydrogen-bond donors (Lipinski definition) is 1. The van der Waals surface area contributed by atoms with Crippen molar-refractivity contribution in [2.24, 2.45) is 5.92 Å². The van der Waals surface area contributed by atoms with Crippen LogP contribution in [-0.2, 0) is 6.42 Å². The number of aryl methyl sites for hydroxylation is 1. The highest BCUT2D eigenvalue weighted by Gasteiger charge is 2.11. The molecule has 0 atom stereocenters. The molecule has 0 aliphatic rings. The molecule has 0 unspecified atom stereocenters. The number of nitrogen functional groups attached to an aromatic ring is 1. The zero-order valence-corrected chi connectivity index (χ0v) is 9.94. The standard InChI is InChI=1S/C11H17ClN2/c1-6(2)5-9-7(3)10(13)11(12)14-8(9)4/h6H,5,13H2,1-4H3. The lowest BCUT2D eigenvalue weighted by atomic mass is 9.97. The van der Waals surface area contributed by atoms with Gasteiger partial charge in [0, 0.05) is 5.69 Å². The van der Waals surface area contributed by atoms with Gasteiger partial charge < -0.3 is 5.73 Å². The second-order valence-electron chi connectivity index (χ2n) is 4.10. The third-order valence-electron chi connectivity index (χ3n) is 2.39. The van der Waals surface area contributed by atoms with Gasteiger partial charge in [-0.25, -0.2) is 4.98 Å². The molecule has 3 heteroatoms. The van der Waals surface area contributed by atoms with Gasteiger partial charge in [-0.05, 0) is 37.3 Å². The van der Waals surface area contributed by atoms with E-state index in [0.29, 0.717) is 16.8 Å². The van der Waals surface area contributed by atoms with Crippen LogP contribution in [0.25, 0.3) is 0 Å². The Labute approximate surface area is 90.5 Å². The molecule has 0 bridgehead atoms. The molecule has 0 saturated carbocycles. The van der Waals surface area contributed by atoms with E-state index in [0.717, 1.165) is 17.7 Å². The van der Waals surface area contributed by atoms with Crippen molar-refractivity contribution < 1.29 is 0 Å². The van der Waals surface area contributed by atoms with Crippen LogP contribution >= 0.6 is 11.6 Å². The zero-order chi connectivity index (χ0) is 10.9. The topological polar surface area (TPSA) is 38.9 Å². The van der Waals surface area contributed by atoms with Crippen molar-refractivity contribution in [3.63, 3.8) is 0 Å². The van der Waals surface area contributed by atoms with Crippen LogP contribution in [0.5, 0.6) is 0 Å². The maximum Gasteiger partial charge on any atom is 0.152 e. The molecule has 2 N–H and O–H groups in total. The summed E-state index contributed by atoms with van der Waals surface area (Å²) in [4.78, 5) is 4.23.